The van der Waals surface area contributed by atoms with Crippen LogP contribution in [0.4, 0.5) is 0 Å². The molecule has 0 atom stereocenters. The lowest BCUT2D eigenvalue weighted by Crippen LogP contribution is -2.09. The van der Waals surface area contributed by atoms with Crippen LogP contribution in [0.5, 0.6) is 0 Å². The highest BCUT2D eigenvalue weighted by Crippen LogP contribution is 2.35. The molecule has 2 rings (SSSR count). The van der Waals surface area contributed by atoms with Gasteiger partial charge in [0.25, 0.3) is 0 Å². The predicted molar refractivity (Wildman–Crippen MR) is 94.9 cm³/mol. The first-order chi connectivity index (χ1) is 11.9. The highest BCUT2D eigenvalue weighted by Gasteiger charge is 2.27. The van der Waals surface area contributed by atoms with E-state index in [9.17, 15) is 14.9 Å². The summed E-state index contributed by atoms with van der Waals surface area (Å²) < 4.78 is 11.8. The van der Waals surface area contributed by atoms with Crippen LogP contribution >= 0.6 is 11.8 Å². The van der Waals surface area contributed by atoms with Crippen LogP contribution in [0, 0.1) is 25.2 Å². The number of rotatable bonds is 6. The van der Waals surface area contributed by atoms with E-state index in [-0.39, 0.29) is 19.0 Å². The van der Waals surface area contributed by atoms with Crippen LogP contribution in [0.25, 0.3) is 5.52 Å². The quantitative estimate of drug-likeness (QED) is 0.581. The van der Waals surface area contributed by atoms with Gasteiger partial charge in [-0.3, -0.25) is 4.79 Å². The van der Waals surface area contributed by atoms with Gasteiger partial charge in [0.05, 0.1) is 29.4 Å². The third-order valence-corrected chi connectivity index (χ3v) is 4.60. The maximum Gasteiger partial charge on any atom is 0.341 e. The summed E-state index contributed by atoms with van der Waals surface area (Å²) in [5.41, 5.74) is 3.10. The molecular weight excluding hydrogens is 340 g/mol. The fourth-order valence-corrected chi connectivity index (χ4v) is 3.66. The van der Waals surface area contributed by atoms with Gasteiger partial charge < -0.3 is 13.9 Å². The monoisotopic (exact) mass is 360 g/mol. The van der Waals surface area contributed by atoms with E-state index in [1.54, 1.807) is 24.4 Å². The van der Waals surface area contributed by atoms with Crippen molar-refractivity contribution < 1.29 is 19.1 Å². The molecule has 0 unspecified atom stereocenters. The molecule has 0 fully saturated rings. The van der Waals surface area contributed by atoms with Gasteiger partial charge in [0.15, 0.2) is 0 Å². The smallest absolute Gasteiger partial charge is 0.341 e. The van der Waals surface area contributed by atoms with Crippen LogP contribution in [-0.4, -0.2) is 35.3 Å². The average Bonchev–Trinajstić information content (AvgIpc) is 2.87. The Balaban J connectivity index is 2.66. The summed E-state index contributed by atoms with van der Waals surface area (Å²) in [7, 11) is 0. The molecule has 7 heteroatoms. The SMILES string of the molecule is CCOC(=O)CSc1c(C(=O)OCC)c2c(C)cc(C)cn2c1C#N. The summed E-state index contributed by atoms with van der Waals surface area (Å²) >= 11 is 1.12. The molecule has 0 aliphatic carbocycles. The van der Waals surface area contributed by atoms with E-state index in [1.165, 1.54) is 0 Å². The van der Waals surface area contributed by atoms with Gasteiger partial charge in [-0.1, -0.05) is 6.07 Å². The zero-order valence-electron chi connectivity index (χ0n) is 14.7. The highest BCUT2D eigenvalue weighted by molar-refractivity contribution is 8.00. The molecule has 2 heterocycles. The lowest BCUT2D eigenvalue weighted by atomic mass is 10.1. The highest BCUT2D eigenvalue weighted by atomic mass is 32.2. The van der Waals surface area contributed by atoms with Crippen molar-refractivity contribution in [1.29, 1.82) is 5.26 Å². The molecule has 0 aliphatic rings. The van der Waals surface area contributed by atoms with E-state index in [0.29, 0.717) is 21.7 Å². The lowest BCUT2D eigenvalue weighted by Gasteiger charge is -2.06. The topological polar surface area (TPSA) is 80.8 Å². The minimum absolute atomic E-state index is 0.0177. The molecule has 6 nitrogen and oxygen atoms in total. The number of ether oxygens (including phenoxy) is 2. The van der Waals surface area contributed by atoms with Crippen molar-refractivity contribution >= 4 is 29.2 Å². The summed E-state index contributed by atoms with van der Waals surface area (Å²) in [6, 6.07) is 4.09. The van der Waals surface area contributed by atoms with Crippen molar-refractivity contribution in [3.8, 4) is 6.07 Å². The number of thioether (sulfide) groups is 1. The van der Waals surface area contributed by atoms with Gasteiger partial charge in [-0.05, 0) is 38.8 Å². The summed E-state index contributed by atoms with van der Waals surface area (Å²) in [5.74, 6) is -0.877. The Kier molecular flexibility index (Phi) is 6.10. The largest absolute Gasteiger partial charge is 0.465 e. The van der Waals surface area contributed by atoms with Crippen molar-refractivity contribution in [2.75, 3.05) is 19.0 Å². The van der Waals surface area contributed by atoms with Gasteiger partial charge in [-0.2, -0.15) is 5.26 Å². The summed E-state index contributed by atoms with van der Waals surface area (Å²) in [6.07, 6.45) is 1.80. The molecule has 0 aliphatic heterocycles. The number of nitrogens with zero attached hydrogens (tertiary/aromatic N) is 2. The lowest BCUT2D eigenvalue weighted by molar-refractivity contribution is -0.139. The standard InChI is InChI=1S/C18H20N2O4S/c1-5-23-14(21)10-25-17-13(8-19)20-9-11(3)7-12(4)16(20)15(17)18(22)24-6-2/h7,9H,5-6,10H2,1-4H3. The predicted octanol–water partition coefficient (Wildman–Crippen LogP) is 3.26. The minimum Gasteiger partial charge on any atom is -0.465 e. The maximum absolute atomic E-state index is 12.5. The first-order valence-electron chi connectivity index (χ1n) is 7.95. The van der Waals surface area contributed by atoms with E-state index in [2.05, 4.69) is 6.07 Å². The Bertz CT molecular complexity index is 864. The fraction of sp³-hybridized carbons (Fsp3) is 0.389. The number of carbonyl (C=O) groups excluding carboxylic acids is 2. The van der Waals surface area contributed by atoms with Crippen LogP contribution in [-0.2, 0) is 14.3 Å². The van der Waals surface area contributed by atoms with Crippen molar-refractivity contribution in [2.24, 2.45) is 0 Å². The number of esters is 2. The van der Waals surface area contributed by atoms with E-state index in [0.717, 1.165) is 22.9 Å². The van der Waals surface area contributed by atoms with Crippen LogP contribution in [0.1, 0.15) is 41.0 Å². The van der Waals surface area contributed by atoms with Gasteiger partial charge >= 0.3 is 11.9 Å². The molecular formula is C18H20N2O4S. The molecule has 25 heavy (non-hydrogen) atoms. The van der Waals surface area contributed by atoms with Crippen molar-refractivity contribution in [3.63, 3.8) is 0 Å². The summed E-state index contributed by atoms with van der Waals surface area (Å²) in [4.78, 5) is 24.7. The zero-order valence-corrected chi connectivity index (χ0v) is 15.5. The van der Waals surface area contributed by atoms with Crippen LogP contribution < -0.4 is 0 Å². The number of pyridine rings is 1. The van der Waals surface area contributed by atoms with Crippen molar-refractivity contribution in [2.45, 2.75) is 32.6 Å². The third-order valence-electron chi connectivity index (χ3n) is 3.54. The first-order valence-corrected chi connectivity index (χ1v) is 8.94. The first kappa shape index (κ1) is 18.9. The van der Waals surface area contributed by atoms with Gasteiger partial charge in [-0.25, -0.2) is 4.79 Å². The van der Waals surface area contributed by atoms with E-state index in [1.807, 2.05) is 19.9 Å². The molecule has 0 bridgehead atoms. The Morgan fingerprint density at radius 3 is 2.52 bits per heavy atom. The van der Waals surface area contributed by atoms with Gasteiger partial charge in [0.2, 0.25) is 0 Å². The second kappa shape index (κ2) is 8.08. The number of nitriles is 1. The van der Waals surface area contributed by atoms with Crippen molar-refractivity contribution in [1.82, 2.24) is 4.40 Å². The number of aryl methyl sites for hydroxylation is 2. The second-order valence-electron chi connectivity index (χ2n) is 5.40. The molecule has 0 saturated heterocycles. The normalized spacial score (nSPS) is 10.5. The van der Waals surface area contributed by atoms with E-state index >= 15 is 0 Å². The van der Waals surface area contributed by atoms with E-state index in [4.69, 9.17) is 9.47 Å². The molecule has 0 spiro atoms. The number of aromatic nitrogens is 1. The fourth-order valence-electron chi connectivity index (χ4n) is 2.71. The van der Waals surface area contributed by atoms with Crippen LogP contribution in [0.15, 0.2) is 17.2 Å². The number of hydrogen-bond acceptors (Lipinski definition) is 6. The maximum atomic E-state index is 12.5. The third kappa shape index (κ3) is 3.80. The zero-order chi connectivity index (χ0) is 18.6. The molecule has 0 radical (unpaired) electrons. The molecule has 2 aromatic heterocycles. The molecule has 2 aromatic rings. The molecule has 0 amide bonds. The van der Waals surface area contributed by atoms with Gasteiger partial charge in [0.1, 0.15) is 17.3 Å². The minimum atomic E-state index is -0.500. The number of fused-ring (bicyclic) bond motifs is 1. The second-order valence-corrected chi connectivity index (χ2v) is 6.38. The summed E-state index contributed by atoms with van der Waals surface area (Å²) in [5, 5.41) is 9.64. The Hall–Kier alpha value is -2.46. The summed E-state index contributed by atoms with van der Waals surface area (Å²) in [6.45, 7) is 7.77. The number of hydrogen-bond donors (Lipinski definition) is 0. The van der Waals surface area contributed by atoms with Gasteiger partial charge in [0, 0.05) is 6.20 Å². The number of carbonyl (C=O) groups is 2. The van der Waals surface area contributed by atoms with E-state index < -0.39 is 11.9 Å². The van der Waals surface area contributed by atoms with Gasteiger partial charge in [-0.15, -0.1) is 11.8 Å². The molecule has 0 N–H and O–H groups in total. The van der Waals surface area contributed by atoms with Crippen molar-refractivity contribution in [3.05, 3.63) is 34.6 Å². The molecule has 132 valence electrons. The Morgan fingerprint density at radius 2 is 1.92 bits per heavy atom. The molecule has 0 saturated carbocycles. The van der Waals surface area contributed by atoms with Crippen LogP contribution in [0.3, 0.4) is 0 Å². The average molecular weight is 360 g/mol. The van der Waals surface area contributed by atoms with Crippen LogP contribution in [0.2, 0.25) is 0 Å². The molecule has 0 aromatic carbocycles. The Morgan fingerprint density at radius 1 is 1.24 bits per heavy atom. The Labute approximate surface area is 150 Å².